The Morgan fingerprint density at radius 3 is 2.25 bits per heavy atom. The number of aliphatic hydroxyl groups is 1. The summed E-state index contributed by atoms with van der Waals surface area (Å²) >= 11 is 0. The van der Waals surface area contributed by atoms with E-state index in [1.54, 1.807) is 12.1 Å². The largest absolute Gasteiger partial charge is 0.373 e. The Morgan fingerprint density at radius 2 is 1.70 bits per heavy atom. The minimum absolute atomic E-state index is 0.189. The highest BCUT2D eigenvalue weighted by atomic mass is 16.3. The standard InChI is InChI=1S/C17H19NO2/c1-3-16(19)18(15-7-5-4-6-8-15)17(20)14-11-9-13(2)10-12-14/h4-12,16,19H,3H2,1-2H3. The van der Waals surface area contributed by atoms with Gasteiger partial charge in [0.2, 0.25) is 0 Å². The predicted molar refractivity (Wildman–Crippen MR) is 80.7 cm³/mol. The summed E-state index contributed by atoms with van der Waals surface area (Å²) in [4.78, 5) is 14.1. The molecule has 2 rings (SSSR count). The van der Waals surface area contributed by atoms with Crippen molar-refractivity contribution in [1.82, 2.24) is 0 Å². The number of hydrogen-bond acceptors (Lipinski definition) is 2. The third-order valence-electron chi connectivity index (χ3n) is 3.21. The highest BCUT2D eigenvalue weighted by Gasteiger charge is 2.23. The van der Waals surface area contributed by atoms with Gasteiger partial charge < -0.3 is 5.11 Å². The third kappa shape index (κ3) is 3.06. The van der Waals surface area contributed by atoms with Crippen LogP contribution >= 0.6 is 0 Å². The molecular weight excluding hydrogens is 250 g/mol. The first-order valence-electron chi connectivity index (χ1n) is 6.77. The number of hydrogen-bond donors (Lipinski definition) is 1. The molecule has 2 aromatic carbocycles. The maximum Gasteiger partial charge on any atom is 0.260 e. The number of para-hydroxylation sites is 1. The summed E-state index contributed by atoms with van der Waals surface area (Å²) in [5.74, 6) is -0.189. The van der Waals surface area contributed by atoms with Gasteiger partial charge >= 0.3 is 0 Å². The van der Waals surface area contributed by atoms with Crippen molar-refractivity contribution in [3.8, 4) is 0 Å². The molecule has 0 aliphatic carbocycles. The minimum Gasteiger partial charge on any atom is -0.373 e. The first kappa shape index (κ1) is 14.3. The van der Waals surface area contributed by atoms with E-state index in [0.717, 1.165) is 5.56 Å². The molecule has 20 heavy (non-hydrogen) atoms. The van der Waals surface area contributed by atoms with E-state index < -0.39 is 6.23 Å². The van der Waals surface area contributed by atoms with Crippen molar-refractivity contribution < 1.29 is 9.90 Å². The van der Waals surface area contributed by atoms with Gasteiger partial charge in [0.1, 0.15) is 6.23 Å². The average Bonchev–Trinajstić information content (AvgIpc) is 2.49. The van der Waals surface area contributed by atoms with Crippen molar-refractivity contribution in [1.29, 1.82) is 0 Å². The number of aliphatic hydroxyl groups excluding tert-OH is 1. The lowest BCUT2D eigenvalue weighted by Crippen LogP contribution is -2.40. The summed E-state index contributed by atoms with van der Waals surface area (Å²) in [6, 6.07) is 16.6. The van der Waals surface area contributed by atoms with Crippen LogP contribution in [0.5, 0.6) is 0 Å². The van der Waals surface area contributed by atoms with Gasteiger partial charge in [-0.1, -0.05) is 42.8 Å². The molecule has 0 saturated heterocycles. The fourth-order valence-corrected chi connectivity index (χ4v) is 2.03. The van der Waals surface area contributed by atoms with E-state index in [9.17, 15) is 9.90 Å². The van der Waals surface area contributed by atoms with Gasteiger partial charge in [0, 0.05) is 11.3 Å². The van der Waals surface area contributed by atoms with Crippen LogP contribution in [-0.4, -0.2) is 17.2 Å². The van der Waals surface area contributed by atoms with Crippen LogP contribution in [0.3, 0.4) is 0 Å². The molecular formula is C17H19NO2. The molecule has 0 saturated carbocycles. The zero-order valence-corrected chi connectivity index (χ0v) is 11.8. The summed E-state index contributed by atoms with van der Waals surface area (Å²) in [6.45, 7) is 3.83. The van der Waals surface area contributed by atoms with Crippen LogP contribution in [0.15, 0.2) is 54.6 Å². The third-order valence-corrected chi connectivity index (χ3v) is 3.21. The Kier molecular flexibility index (Phi) is 4.53. The smallest absolute Gasteiger partial charge is 0.260 e. The van der Waals surface area contributed by atoms with Gasteiger partial charge in [-0.25, -0.2) is 0 Å². The average molecular weight is 269 g/mol. The number of amides is 1. The minimum atomic E-state index is -0.828. The fourth-order valence-electron chi connectivity index (χ4n) is 2.03. The fraction of sp³-hybridized carbons (Fsp3) is 0.235. The Hall–Kier alpha value is -2.13. The molecule has 2 aromatic rings. The summed E-state index contributed by atoms with van der Waals surface area (Å²) < 4.78 is 0. The molecule has 0 aliphatic heterocycles. The number of nitrogens with zero attached hydrogens (tertiary/aromatic N) is 1. The van der Waals surface area contributed by atoms with Crippen molar-refractivity contribution in [2.24, 2.45) is 0 Å². The molecule has 0 spiro atoms. The van der Waals surface area contributed by atoms with Crippen molar-refractivity contribution in [2.75, 3.05) is 4.90 Å². The van der Waals surface area contributed by atoms with Gasteiger partial charge in [0.15, 0.2) is 0 Å². The second-order valence-electron chi connectivity index (χ2n) is 4.77. The normalized spacial score (nSPS) is 11.9. The zero-order valence-electron chi connectivity index (χ0n) is 11.8. The molecule has 0 aliphatic rings. The molecule has 1 unspecified atom stereocenters. The van der Waals surface area contributed by atoms with E-state index in [1.807, 2.05) is 56.3 Å². The summed E-state index contributed by atoms with van der Waals surface area (Å²) in [5, 5.41) is 10.2. The van der Waals surface area contributed by atoms with Gasteiger partial charge in [-0.3, -0.25) is 9.69 Å². The van der Waals surface area contributed by atoms with Crippen molar-refractivity contribution in [3.63, 3.8) is 0 Å². The van der Waals surface area contributed by atoms with E-state index in [0.29, 0.717) is 17.7 Å². The van der Waals surface area contributed by atoms with Crippen molar-refractivity contribution in [2.45, 2.75) is 26.5 Å². The van der Waals surface area contributed by atoms with Crippen molar-refractivity contribution >= 4 is 11.6 Å². The van der Waals surface area contributed by atoms with Crippen LogP contribution in [0.4, 0.5) is 5.69 Å². The number of benzene rings is 2. The van der Waals surface area contributed by atoms with Gasteiger partial charge in [0.05, 0.1) is 0 Å². The highest BCUT2D eigenvalue weighted by molar-refractivity contribution is 6.06. The van der Waals surface area contributed by atoms with Gasteiger partial charge in [-0.2, -0.15) is 0 Å². The van der Waals surface area contributed by atoms with Gasteiger partial charge in [-0.05, 0) is 37.6 Å². The van der Waals surface area contributed by atoms with E-state index in [1.165, 1.54) is 4.90 Å². The molecule has 0 radical (unpaired) electrons. The molecule has 0 fully saturated rings. The topological polar surface area (TPSA) is 40.5 Å². The second-order valence-corrected chi connectivity index (χ2v) is 4.77. The number of rotatable bonds is 4. The van der Waals surface area contributed by atoms with E-state index in [2.05, 4.69) is 0 Å². The summed E-state index contributed by atoms with van der Waals surface area (Å²) in [7, 11) is 0. The Labute approximate surface area is 119 Å². The van der Waals surface area contributed by atoms with Crippen molar-refractivity contribution in [3.05, 3.63) is 65.7 Å². The number of carbonyl (C=O) groups excluding carboxylic acids is 1. The molecule has 104 valence electrons. The van der Waals surface area contributed by atoms with Crippen LogP contribution in [0.1, 0.15) is 29.3 Å². The number of anilines is 1. The molecule has 1 N–H and O–H groups in total. The first-order chi connectivity index (χ1) is 9.63. The lowest BCUT2D eigenvalue weighted by Gasteiger charge is -2.27. The van der Waals surface area contributed by atoms with Crippen LogP contribution in [0.25, 0.3) is 0 Å². The molecule has 3 heteroatoms. The molecule has 1 atom stereocenters. The van der Waals surface area contributed by atoms with Gasteiger partial charge in [-0.15, -0.1) is 0 Å². The predicted octanol–water partition coefficient (Wildman–Crippen LogP) is 3.37. The van der Waals surface area contributed by atoms with Gasteiger partial charge in [0.25, 0.3) is 5.91 Å². The summed E-state index contributed by atoms with van der Waals surface area (Å²) in [5.41, 5.74) is 2.38. The van der Waals surface area contributed by atoms with Crippen LogP contribution in [0, 0.1) is 6.92 Å². The quantitative estimate of drug-likeness (QED) is 0.864. The maximum absolute atomic E-state index is 12.6. The van der Waals surface area contributed by atoms with E-state index in [4.69, 9.17) is 0 Å². The van der Waals surface area contributed by atoms with Crippen LogP contribution < -0.4 is 4.90 Å². The molecule has 0 bridgehead atoms. The SMILES string of the molecule is CCC(O)N(C(=O)c1ccc(C)cc1)c1ccccc1. The number of aryl methyl sites for hydroxylation is 1. The first-order valence-corrected chi connectivity index (χ1v) is 6.77. The van der Waals surface area contributed by atoms with E-state index >= 15 is 0 Å². The lowest BCUT2D eigenvalue weighted by molar-refractivity contribution is 0.0882. The highest BCUT2D eigenvalue weighted by Crippen LogP contribution is 2.20. The van der Waals surface area contributed by atoms with Crippen LogP contribution in [-0.2, 0) is 0 Å². The number of carbonyl (C=O) groups is 1. The maximum atomic E-state index is 12.6. The zero-order chi connectivity index (χ0) is 14.5. The second kappa shape index (κ2) is 6.35. The molecule has 1 amide bonds. The molecule has 3 nitrogen and oxygen atoms in total. The molecule has 0 heterocycles. The molecule has 0 aromatic heterocycles. The Balaban J connectivity index is 2.36. The Bertz CT molecular complexity index is 563. The Morgan fingerprint density at radius 1 is 1.10 bits per heavy atom. The van der Waals surface area contributed by atoms with Crippen LogP contribution in [0.2, 0.25) is 0 Å². The van der Waals surface area contributed by atoms with E-state index in [-0.39, 0.29) is 5.91 Å². The monoisotopic (exact) mass is 269 g/mol. The lowest BCUT2D eigenvalue weighted by atomic mass is 10.1. The summed E-state index contributed by atoms with van der Waals surface area (Å²) in [6.07, 6.45) is -0.349.